The molecule has 0 saturated carbocycles. The molecule has 0 atom stereocenters. The van der Waals surface area contributed by atoms with E-state index < -0.39 is 0 Å². The van der Waals surface area contributed by atoms with Crippen molar-refractivity contribution in [3.05, 3.63) is 40.9 Å². The predicted molar refractivity (Wildman–Crippen MR) is 105 cm³/mol. The summed E-state index contributed by atoms with van der Waals surface area (Å²) in [5, 5.41) is 5.91. The number of carbonyl (C=O) groups excluding carboxylic acids is 1. The first-order valence-electron chi connectivity index (χ1n) is 9.04. The van der Waals surface area contributed by atoms with E-state index in [1.807, 2.05) is 26.2 Å². The first-order chi connectivity index (χ1) is 12.4. The molecule has 5 nitrogen and oxygen atoms in total. The number of carbonyl (C=O) groups is 1. The zero-order chi connectivity index (χ0) is 18.6. The van der Waals surface area contributed by atoms with Gasteiger partial charge in [0.1, 0.15) is 5.01 Å². The number of morpholine rings is 1. The van der Waals surface area contributed by atoms with Gasteiger partial charge in [0.15, 0.2) is 0 Å². The summed E-state index contributed by atoms with van der Waals surface area (Å²) in [6.07, 6.45) is 0.322. The van der Waals surface area contributed by atoms with Gasteiger partial charge in [0, 0.05) is 36.1 Å². The van der Waals surface area contributed by atoms with Crippen molar-refractivity contribution in [2.75, 3.05) is 26.3 Å². The standard InChI is InChI=1S/C20H27N3O2S/c1-20(2,3)22-18(24)12-17-14-26-19(21-17)16-6-4-15(5-7-16)13-23-8-10-25-11-9-23/h4-7,14H,8-13H2,1-3H3,(H,22,24). The summed E-state index contributed by atoms with van der Waals surface area (Å²) in [6.45, 7) is 10.5. The van der Waals surface area contributed by atoms with Gasteiger partial charge in [0.2, 0.25) is 5.91 Å². The van der Waals surface area contributed by atoms with Crippen molar-refractivity contribution in [3.63, 3.8) is 0 Å². The molecule has 1 saturated heterocycles. The third-order valence-corrected chi connectivity index (χ3v) is 5.06. The third-order valence-electron chi connectivity index (χ3n) is 4.12. The Hall–Kier alpha value is -1.76. The Labute approximate surface area is 159 Å². The maximum atomic E-state index is 12.0. The molecule has 6 heteroatoms. The van der Waals surface area contributed by atoms with E-state index in [9.17, 15) is 4.79 Å². The van der Waals surface area contributed by atoms with Crippen molar-refractivity contribution < 1.29 is 9.53 Å². The molecule has 1 aromatic carbocycles. The first kappa shape index (κ1) is 19.0. The lowest BCUT2D eigenvalue weighted by molar-refractivity contribution is -0.121. The number of amides is 1. The summed E-state index contributed by atoms with van der Waals surface area (Å²) in [6, 6.07) is 8.57. The molecule has 1 fully saturated rings. The fraction of sp³-hybridized carbons (Fsp3) is 0.500. The fourth-order valence-corrected chi connectivity index (χ4v) is 3.74. The Morgan fingerprint density at radius 3 is 2.58 bits per heavy atom. The van der Waals surface area contributed by atoms with Crippen LogP contribution in [0.5, 0.6) is 0 Å². The van der Waals surface area contributed by atoms with Crippen LogP contribution in [0.3, 0.4) is 0 Å². The summed E-state index contributed by atoms with van der Waals surface area (Å²) < 4.78 is 5.39. The second-order valence-corrected chi connectivity index (χ2v) is 8.56. The Morgan fingerprint density at radius 2 is 1.92 bits per heavy atom. The minimum Gasteiger partial charge on any atom is -0.379 e. The van der Waals surface area contributed by atoms with Crippen LogP contribution in [0.25, 0.3) is 10.6 Å². The average Bonchev–Trinajstić information content (AvgIpc) is 3.03. The lowest BCUT2D eigenvalue weighted by atomic mass is 10.1. The number of ether oxygens (including phenoxy) is 1. The van der Waals surface area contributed by atoms with Gasteiger partial charge in [0.05, 0.1) is 25.3 Å². The third kappa shape index (κ3) is 5.62. The molecular weight excluding hydrogens is 346 g/mol. The number of hydrogen-bond donors (Lipinski definition) is 1. The Balaban J connectivity index is 1.59. The number of hydrogen-bond acceptors (Lipinski definition) is 5. The predicted octanol–water partition coefficient (Wildman–Crippen LogP) is 3.10. The number of nitrogens with one attached hydrogen (secondary N) is 1. The number of benzene rings is 1. The van der Waals surface area contributed by atoms with Crippen LogP contribution < -0.4 is 5.32 Å². The van der Waals surface area contributed by atoms with Crippen LogP contribution in [0.2, 0.25) is 0 Å². The van der Waals surface area contributed by atoms with Crippen LogP contribution in [0.15, 0.2) is 29.6 Å². The van der Waals surface area contributed by atoms with E-state index in [2.05, 4.69) is 39.5 Å². The Morgan fingerprint density at radius 1 is 1.23 bits per heavy atom. The molecule has 2 heterocycles. The molecule has 0 spiro atoms. The van der Waals surface area contributed by atoms with E-state index in [0.29, 0.717) is 6.42 Å². The highest BCUT2D eigenvalue weighted by Crippen LogP contribution is 2.24. The second kappa shape index (κ2) is 8.29. The van der Waals surface area contributed by atoms with Crippen LogP contribution in [0.1, 0.15) is 32.0 Å². The number of thiazole rings is 1. The SMILES string of the molecule is CC(C)(C)NC(=O)Cc1csc(-c2ccc(CN3CCOCC3)cc2)n1. The van der Waals surface area contributed by atoms with Gasteiger partial charge < -0.3 is 10.1 Å². The summed E-state index contributed by atoms with van der Waals surface area (Å²) in [5.41, 5.74) is 3.01. The highest BCUT2D eigenvalue weighted by Gasteiger charge is 2.16. The minimum absolute atomic E-state index is 0.00945. The van der Waals surface area contributed by atoms with E-state index in [1.165, 1.54) is 5.56 Å². The quantitative estimate of drug-likeness (QED) is 0.875. The largest absolute Gasteiger partial charge is 0.379 e. The zero-order valence-electron chi connectivity index (χ0n) is 15.7. The van der Waals surface area contributed by atoms with Crippen molar-refractivity contribution in [3.8, 4) is 10.6 Å². The molecule has 2 aromatic rings. The molecule has 0 aliphatic carbocycles. The van der Waals surface area contributed by atoms with Gasteiger partial charge in [0.25, 0.3) is 0 Å². The van der Waals surface area contributed by atoms with Gasteiger partial charge in [-0.25, -0.2) is 4.98 Å². The van der Waals surface area contributed by atoms with Crippen LogP contribution in [0.4, 0.5) is 0 Å². The highest BCUT2D eigenvalue weighted by molar-refractivity contribution is 7.13. The van der Waals surface area contributed by atoms with E-state index in [-0.39, 0.29) is 11.4 Å². The molecular formula is C20H27N3O2S. The van der Waals surface area contributed by atoms with E-state index >= 15 is 0 Å². The summed E-state index contributed by atoms with van der Waals surface area (Å²) in [4.78, 5) is 19.1. The molecule has 0 radical (unpaired) electrons. The van der Waals surface area contributed by atoms with Crippen molar-refractivity contribution in [2.45, 2.75) is 39.3 Å². The molecule has 3 rings (SSSR count). The van der Waals surface area contributed by atoms with Crippen LogP contribution >= 0.6 is 11.3 Å². The van der Waals surface area contributed by atoms with Crippen LogP contribution in [-0.4, -0.2) is 47.6 Å². The lowest BCUT2D eigenvalue weighted by Crippen LogP contribution is -2.41. The van der Waals surface area contributed by atoms with E-state index in [0.717, 1.165) is 49.1 Å². The second-order valence-electron chi connectivity index (χ2n) is 7.70. The summed E-state index contributed by atoms with van der Waals surface area (Å²) in [5.74, 6) is 0.00945. The molecule has 26 heavy (non-hydrogen) atoms. The lowest BCUT2D eigenvalue weighted by Gasteiger charge is -2.26. The van der Waals surface area contributed by atoms with Gasteiger partial charge >= 0.3 is 0 Å². The Kier molecular flexibility index (Phi) is 6.06. The normalized spacial score (nSPS) is 15.8. The summed E-state index contributed by atoms with van der Waals surface area (Å²) >= 11 is 1.59. The average molecular weight is 374 g/mol. The van der Waals surface area contributed by atoms with Gasteiger partial charge in [-0.05, 0) is 26.3 Å². The molecule has 0 unspecified atom stereocenters. The monoisotopic (exact) mass is 373 g/mol. The van der Waals surface area contributed by atoms with Crippen molar-refractivity contribution in [1.29, 1.82) is 0 Å². The van der Waals surface area contributed by atoms with Crippen LogP contribution in [-0.2, 0) is 22.5 Å². The summed E-state index contributed by atoms with van der Waals surface area (Å²) in [7, 11) is 0. The van der Waals surface area contributed by atoms with E-state index in [4.69, 9.17) is 4.74 Å². The molecule has 140 valence electrons. The van der Waals surface area contributed by atoms with Crippen LogP contribution in [0, 0.1) is 0 Å². The fourth-order valence-electron chi connectivity index (χ4n) is 2.92. The molecule has 0 bridgehead atoms. The molecule has 1 aromatic heterocycles. The maximum Gasteiger partial charge on any atom is 0.226 e. The minimum atomic E-state index is -0.216. The number of aromatic nitrogens is 1. The zero-order valence-corrected chi connectivity index (χ0v) is 16.6. The first-order valence-corrected chi connectivity index (χ1v) is 9.92. The smallest absolute Gasteiger partial charge is 0.226 e. The maximum absolute atomic E-state index is 12.0. The molecule has 1 amide bonds. The number of nitrogens with zero attached hydrogens (tertiary/aromatic N) is 2. The van der Waals surface area contributed by atoms with Crippen molar-refractivity contribution in [2.24, 2.45) is 0 Å². The van der Waals surface area contributed by atoms with Gasteiger partial charge in [-0.3, -0.25) is 9.69 Å². The van der Waals surface area contributed by atoms with E-state index in [1.54, 1.807) is 11.3 Å². The Bertz CT molecular complexity index is 728. The molecule has 1 aliphatic heterocycles. The van der Waals surface area contributed by atoms with Crippen molar-refractivity contribution in [1.82, 2.24) is 15.2 Å². The van der Waals surface area contributed by atoms with Gasteiger partial charge in [-0.1, -0.05) is 24.3 Å². The highest BCUT2D eigenvalue weighted by atomic mass is 32.1. The topological polar surface area (TPSA) is 54.5 Å². The number of rotatable bonds is 5. The van der Waals surface area contributed by atoms with Gasteiger partial charge in [-0.2, -0.15) is 0 Å². The molecule has 1 aliphatic rings. The van der Waals surface area contributed by atoms with Gasteiger partial charge in [-0.15, -0.1) is 11.3 Å². The van der Waals surface area contributed by atoms with Crippen molar-refractivity contribution >= 4 is 17.2 Å². The molecule has 1 N–H and O–H groups in total.